The molecule has 0 fully saturated rings. The minimum atomic E-state index is 0.338. The first-order chi connectivity index (χ1) is 5.24. The van der Waals surface area contributed by atoms with Crippen LogP contribution in [0.15, 0.2) is 6.07 Å². The maximum Gasteiger partial charge on any atom is 0.174 e. The Hall–Kier alpha value is -0.540. The van der Waals surface area contributed by atoms with Gasteiger partial charge in [-0.15, -0.1) is 10.2 Å². The highest BCUT2D eigenvalue weighted by Gasteiger charge is 2.01. The van der Waals surface area contributed by atoms with Crippen molar-refractivity contribution in [2.75, 3.05) is 11.9 Å². The Morgan fingerprint density at radius 3 is 2.82 bits per heavy atom. The molecule has 0 aliphatic heterocycles. The van der Waals surface area contributed by atoms with Gasteiger partial charge in [0.1, 0.15) is 0 Å². The van der Waals surface area contributed by atoms with Gasteiger partial charge in [-0.05, 0) is 6.92 Å². The lowest BCUT2D eigenvalue weighted by atomic mass is 10.4. The highest BCUT2D eigenvalue weighted by molar-refractivity contribution is 6.33. The summed E-state index contributed by atoms with van der Waals surface area (Å²) in [5.74, 6) is 0. The number of aromatic nitrogens is 2. The predicted molar refractivity (Wildman–Crippen MR) is 46.2 cm³/mol. The Labute approximate surface area is 74.7 Å². The smallest absolute Gasteiger partial charge is 0.174 e. The van der Waals surface area contributed by atoms with Gasteiger partial charge in [-0.1, -0.05) is 23.2 Å². The van der Waals surface area contributed by atoms with Gasteiger partial charge in [-0.25, -0.2) is 0 Å². The third-order valence-electron chi connectivity index (χ3n) is 1.09. The van der Waals surface area contributed by atoms with E-state index < -0.39 is 0 Å². The van der Waals surface area contributed by atoms with E-state index in [4.69, 9.17) is 23.2 Å². The maximum absolute atomic E-state index is 5.68. The molecule has 1 heterocycles. The molecule has 1 aromatic rings. The van der Waals surface area contributed by atoms with E-state index in [0.29, 0.717) is 16.0 Å². The van der Waals surface area contributed by atoms with E-state index in [-0.39, 0.29) is 0 Å². The summed E-state index contributed by atoms with van der Waals surface area (Å²) < 4.78 is 0. The molecule has 0 aliphatic carbocycles. The van der Waals surface area contributed by atoms with Crippen molar-refractivity contribution in [3.63, 3.8) is 0 Å². The van der Waals surface area contributed by atoms with Crippen molar-refractivity contribution < 1.29 is 0 Å². The molecule has 0 aliphatic rings. The van der Waals surface area contributed by atoms with Crippen LogP contribution >= 0.6 is 23.2 Å². The molecule has 1 rings (SSSR count). The summed E-state index contributed by atoms with van der Waals surface area (Å²) in [5.41, 5.74) is 0.717. The monoisotopic (exact) mass is 191 g/mol. The summed E-state index contributed by atoms with van der Waals surface area (Å²) >= 11 is 11.3. The van der Waals surface area contributed by atoms with Gasteiger partial charge in [0.2, 0.25) is 0 Å². The van der Waals surface area contributed by atoms with Crippen LogP contribution in [0.5, 0.6) is 0 Å². The van der Waals surface area contributed by atoms with Gasteiger partial charge in [-0.2, -0.15) is 0 Å². The van der Waals surface area contributed by atoms with Crippen molar-refractivity contribution in [1.29, 1.82) is 0 Å². The molecule has 0 amide bonds. The predicted octanol–water partition coefficient (Wildman–Crippen LogP) is 2.22. The molecular weight excluding hydrogens is 185 g/mol. The van der Waals surface area contributed by atoms with Crippen molar-refractivity contribution >= 4 is 28.9 Å². The van der Waals surface area contributed by atoms with Crippen LogP contribution in [-0.4, -0.2) is 16.7 Å². The third-order valence-corrected chi connectivity index (χ3v) is 1.55. The zero-order chi connectivity index (χ0) is 8.27. The Morgan fingerprint density at radius 1 is 1.45 bits per heavy atom. The number of halogens is 2. The van der Waals surface area contributed by atoms with E-state index in [2.05, 4.69) is 15.5 Å². The summed E-state index contributed by atoms with van der Waals surface area (Å²) in [6.07, 6.45) is 0. The molecule has 0 saturated heterocycles. The van der Waals surface area contributed by atoms with Crippen molar-refractivity contribution in [2.24, 2.45) is 0 Å². The third kappa shape index (κ3) is 2.20. The number of rotatable bonds is 2. The lowest BCUT2D eigenvalue weighted by Crippen LogP contribution is -1.99. The molecule has 11 heavy (non-hydrogen) atoms. The lowest BCUT2D eigenvalue weighted by molar-refractivity contribution is 1.03. The van der Waals surface area contributed by atoms with E-state index >= 15 is 0 Å². The van der Waals surface area contributed by atoms with E-state index in [0.717, 1.165) is 6.54 Å². The molecule has 1 aromatic heterocycles. The van der Waals surface area contributed by atoms with Crippen molar-refractivity contribution in [2.45, 2.75) is 6.92 Å². The second-order valence-electron chi connectivity index (χ2n) is 1.90. The molecule has 3 nitrogen and oxygen atoms in total. The molecule has 0 radical (unpaired) electrons. The summed E-state index contributed by atoms with van der Waals surface area (Å²) in [4.78, 5) is 0. The molecule has 0 bridgehead atoms. The van der Waals surface area contributed by atoms with Gasteiger partial charge in [0.05, 0.1) is 5.69 Å². The summed E-state index contributed by atoms with van der Waals surface area (Å²) in [7, 11) is 0. The normalized spacial score (nSPS) is 9.73. The average Bonchev–Trinajstić information content (AvgIpc) is 1.98. The fraction of sp³-hybridized carbons (Fsp3) is 0.333. The number of hydrogen-bond donors (Lipinski definition) is 1. The minimum Gasteiger partial charge on any atom is -0.383 e. The Bertz CT molecular complexity index is 252. The van der Waals surface area contributed by atoms with E-state index in [1.54, 1.807) is 6.07 Å². The minimum absolute atomic E-state index is 0.338. The first kappa shape index (κ1) is 8.56. The average molecular weight is 192 g/mol. The first-order valence-corrected chi connectivity index (χ1v) is 3.92. The number of hydrogen-bond acceptors (Lipinski definition) is 3. The van der Waals surface area contributed by atoms with Gasteiger partial charge in [0, 0.05) is 12.6 Å². The van der Waals surface area contributed by atoms with Gasteiger partial charge in [0.25, 0.3) is 0 Å². The molecular formula is C6H7Cl2N3. The standard InChI is InChI=1S/C6H7Cl2N3/c1-2-9-4-3-5(7)10-11-6(4)8/h3H,2H2,1H3,(H,9,10). The van der Waals surface area contributed by atoms with Gasteiger partial charge >= 0.3 is 0 Å². The Kier molecular flexibility index (Phi) is 2.91. The fourth-order valence-electron chi connectivity index (χ4n) is 0.667. The van der Waals surface area contributed by atoms with Crippen LogP contribution in [-0.2, 0) is 0 Å². The number of anilines is 1. The molecule has 1 N–H and O–H groups in total. The van der Waals surface area contributed by atoms with Crippen LogP contribution in [0.2, 0.25) is 10.3 Å². The molecule has 5 heteroatoms. The highest BCUT2D eigenvalue weighted by atomic mass is 35.5. The van der Waals surface area contributed by atoms with E-state index in [9.17, 15) is 0 Å². The fourth-order valence-corrected chi connectivity index (χ4v) is 0.974. The van der Waals surface area contributed by atoms with Crippen molar-refractivity contribution in [3.05, 3.63) is 16.4 Å². The molecule has 0 atom stereocenters. The molecule has 0 aromatic carbocycles. The Balaban J connectivity index is 2.93. The highest BCUT2D eigenvalue weighted by Crippen LogP contribution is 2.19. The van der Waals surface area contributed by atoms with Crippen LogP contribution in [0.25, 0.3) is 0 Å². The first-order valence-electron chi connectivity index (χ1n) is 3.16. The van der Waals surface area contributed by atoms with Crippen LogP contribution < -0.4 is 5.32 Å². The zero-order valence-corrected chi connectivity index (χ0v) is 7.45. The Morgan fingerprint density at radius 2 is 2.18 bits per heavy atom. The van der Waals surface area contributed by atoms with Gasteiger partial charge in [-0.3, -0.25) is 0 Å². The van der Waals surface area contributed by atoms with Crippen LogP contribution in [0.4, 0.5) is 5.69 Å². The van der Waals surface area contributed by atoms with E-state index in [1.165, 1.54) is 0 Å². The molecule has 0 unspecified atom stereocenters. The van der Waals surface area contributed by atoms with Crippen molar-refractivity contribution in [3.8, 4) is 0 Å². The summed E-state index contributed by atoms with van der Waals surface area (Å²) in [5, 5.41) is 10.9. The second kappa shape index (κ2) is 3.74. The number of nitrogens with one attached hydrogen (secondary N) is 1. The molecule has 0 spiro atoms. The maximum atomic E-state index is 5.68. The topological polar surface area (TPSA) is 37.8 Å². The van der Waals surface area contributed by atoms with Gasteiger partial charge < -0.3 is 5.32 Å². The second-order valence-corrected chi connectivity index (χ2v) is 2.65. The van der Waals surface area contributed by atoms with Crippen LogP contribution in [0, 0.1) is 0 Å². The summed E-state index contributed by atoms with van der Waals surface area (Å²) in [6, 6.07) is 1.64. The lowest BCUT2D eigenvalue weighted by Gasteiger charge is -2.02. The van der Waals surface area contributed by atoms with Gasteiger partial charge in [0.15, 0.2) is 10.3 Å². The molecule has 0 saturated carbocycles. The van der Waals surface area contributed by atoms with Crippen molar-refractivity contribution in [1.82, 2.24) is 10.2 Å². The largest absolute Gasteiger partial charge is 0.383 e. The molecule has 60 valence electrons. The number of nitrogens with zero attached hydrogens (tertiary/aromatic N) is 2. The quantitative estimate of drug-likeness (QED) is 0.780. The SMILES string of the molecule is CCNc1cc(Cl)nnc1Cl. The summed E-state index contributed by atoms with van der Waals surface area (Å²) in [6.45, 7) is 2.74. The van der Waals surface area contributed by atoms with Crippen LogP contribution in [0.1, 0.15) is 6.92 Å². The van der Waals surface area contributed by atoms with Crippen LogP contribution in [0.3, 0.4) is 0 Å². The zero-order valence-electron chi connectivity index (χ0n) is 5.93. The van der Waals surface area contributed by atoms with E-state index in [1.807, 2.05) is 6.92 Å².